The van der Waals surface area contributed by atoms with Gasteiger partial charge in [-0.05, 0) is 65.3 Å². The molecule has 3 nitrogen and oxygen atoms in total. The van der Waals surface area contributed by atoms with Crippen molar-refractivity contribution < 1.29 is 0 Å². The molecule has 3 heteroatoms. The first-order valence-corrected chi connectivity index (χ1v) is 7.45. The minimum absolute atomic E-state index is 0.747. The van der Waals surface area contributed by atoms with Crippen molar-refractivity contribution in [2.24, 2.45) is 0 Å². The summed E-state index contributed by atoms with van der Waals surface area (Å²) in [6.45, 7) is 8.62. The molecule has 0 aromatic heterocycles. The molecule has 2 heterocycles. The average Bonchev–Trinajstić information content (AvgIpc) is 2.55. The van der Waals surface area contributed by atoms with E-state index in [1.165, 1.54) is 64.8 Å². The summed E-state index contributed by atoms with van der Waals surface area (Å²) in [4.78, 5) is 5.06. The van der Waals surface area contributed by atoms with E-state index < -0.39 is 0 Å². The SMILES string of the molecule is CCN1CCCC(NC2CCCN(C)CC2)C1. The van der Waals surface area contributed by atoms with Crippen LogP contribution in [0.15, 0.2) is 0 Å². The van der Waals surface area contributed by atoms with Gasteiger partial charge in [0.2, 0.25) is 0 Å². The Hall–Kier alpha value is -0.120. The van der Waals surface area contributed by atoms with Crippen LogP contribution in [0, 0.1) is 0 Å². The number of nitrogens with zero attached hydrogens (tertiary/aromatic N) is 2. The number of likely N-dealkylation sites (tertiary alicyclic amines) is 2. The lowest BCUT2D eigenvalue weighted by Gasteiger charge is -2.34. The Morgan fingerprint density at radius 1 is 1.00 bits per heavy atom. The number of nitrogens with one attached hydrogen (secondary N) is 1. The molecule has 0 aliphatic carbocycles. The summed E-state index contributed by atoms with van der Waals surface area (Å²) in [6.07, 6.45) is 6.81. The molecule has 0 radical (unpaired) electrons. The van der Waals surface area contributed by atoms with E-state index in [1.54, 1.807) is 0 Å². The third-order valence-corrected chi connectivity index (χ3v) is 4.38. The van der Waals surface area contributed by atoms with Gasteiger partial charge in [-0.3, -0.25) is 0 Å². The highest BCUT2D eigenvalue weighted by molar-refractivity contribution is 4.82. The van der Waals surface area contributed by atoms with Crippen molar-refractivity contribution >= 4 is 0 Å². The van der Waals surface area contributed by atoms with E-state index in [1.807, 2.05) is 0 Å². The number of hydrogen-bond donors (Lipinski definition) is 1. The van der Waals surface area contributed by atoms with Crippen molar-refractivity contribution in [2.75, 3.05) is 39.8 Å². The fourth-order valence-corrected chi connectivity index (χ4v) is 3.22. The van der Waals surface area contributed by atoms with Gasteiger partial charge < -0.3 is 15.1 Å². The minimum Gasteiger partial charge on any atom is -0.310 e. The molecule has 17 heavy (non-hydrogen) atoms. The molecule has 0 saturated carbocycles. The quantitative estimate of drug-likeness (QED) is 0.806. The Kier molecular flexibility index (Phi) is 5.26. The summed E-state index contributed by atoms with van der Waals surface area (Å²) in [5.41, 5.74) is 0. The second-order valence-electron chi connectivity index (χ2n) is 5.83. The Bertz CT molecular complexity index is 220. The average molecular weight is 239 g/mol. The van der Waals surface area contributed by atoms with Gasteiger partial charge in [-0.1, -0.05) is 6.92 Å². The van der Waals surface area contributed by atoms with Gasteiger partial charge in [0.05, 0.1) is 0 Å². The zero-order valence-electron chi connectivity index (χ0n) is 11.6. The van der Waals surface area contributed by atoms with Crippen molar-refractivity contribution in [1.82, 2.24) is 15.1 Å². The van der Waals surface area contributed by atoms with Crippen molar-refractivity contribution in [3.8, 4) is 0 Å². The molecule has 0 bridgehead atoms. The highest BCUT2D eigenvalue weighted by Crippen LogP contribution is 2.14. The topological polar surface area (TPSA) is 18.5 Å². The normalized spacial score (nSPS) is 33.5. The summed E-state index contributed by atoms with van der Waals surface area (Å²) in [7, 11) is 2.25. The molecule has 2 rings (SSSR count). The fourth-order valence-electron chi connectivity index (χ4n) is 3.22. The van der Waals surface area contributed by atoms with Crippen LogP contribution < -0.4 is 5.32 Å². The van der Waals surface area contributed by atoms with Crippen molar-refractivity contribution in [2.45, 2.75) is 51.1 Å². The van der Waals surface area contributed by atoms with Crippen LogP contribution in [0.1, 0.15) is 39.0 Å². The van der Waals surface area contributed by atoms with Crippen molar-refractivity contribution in [1.29, 1.82) is 0 Å². The Labute approximate surface area is 107 Å². The van der Waals surface area contributed by atoms with E-state index in [-0.39, 0.29) is 0 Å². The molecule has 2 aliphatic rings. The summed E-state index contributed by atoms with van der Waals surface area (Å²) in [5.74, 6) is 0. The lowest BCUT2D eigenvalue weighted by molar-refractivity contribution is 0.187. The molecule has 2 atom stereocenters. The smallest absolute Gasteiger partial charge is 0.0198 e. The van der Waals surface area contributed by atoms with Crippen LogP contribution in [0.5, 0.6) is 0 Å². The van der Waals surface area contributed by atoms with E-state index in [2.05, 4.69) is 29.1 Å². The fraction of sp³-hybridized carbons (Fsp3) is 1.00. The van der Waals surface area contributed by atoms with Crippen LogP contribution in [-0.4, -0.2) is 61.7 Å². The predicted octanol–water partition coefficient (Wildman–Crippen LogP) is 1.54. The zero-order valence-corrected chi connectivity index (χ0v) is 11.6. The lowest BCUT2D eigenvalue weighted by atomic mass is 10.0. The third-order valence-electron chi connectivity index (χ3n) is 4.38. The zero-order chi connectivity index (χ0) is 12.1. The van der Waals surface area contributed by atoms with Gasteiger partial charge in [-0.15, -0.1) is 0 Å². The van der Waals surface area contributed by atoms with E-state index in [0.717, 1.165) is 12.1 Å². The predicted molar refractivity (Wildman–Crippen MR) is 73.4 cm³/mol. The Morgan fingerprint density at radius 3 is 2.59 bits per heavy atom. The summed E-state index contributed by atoms with van der Waals surface area (Å²) in [5, 5.41) is 3.91. The van der Waals surface area contributed by atoms with Gasteiger partial charge in [0, 0.05) is 18.6 Å². The monoisotopic (exact) mass is 239 g/mol. The third kappa shape index (κ3) is 4.23. The number of hydrogen-bond acceptors (Lipinski definition) is 3. The van der Waals surface area contributed by atoms with Crippen LogP contribution in [0.4, 0.5) is 0 Å². The highest BCUT2D eigenvalue weighted by atomic mass is 15.2. The molecule has 2 fully saturated rings. The van der Waals surface area contributed by atoms with Crippen LogP contribution >= 0.6 is 0 Å². The van der Waals surface area contributed by atoms with Gasteiger partial charge in [0.1, 0.15) is 0 Å². The minimum atomic E-state index is 0.747. The van der Waals surface area contributed by atoms with Crippen molar-refractivity contribution in [3.05, 3.63) is 0 Å². The van der Waals surface area contributed by atoms with Crippen LogP contribution in [0.25, 0.3) is 0 Å². The molecule has 0 spiro atoms. The van der Waals surface area contributed by atoms with Gasteiger partial charge >= 0.3 is 0 Å². The molecular weight excluding hydrogens is 210 g/mol. The van der Waals surface area contributed by atoms with Crippen molar-refractivity contribution in [3.63, 3.8) is 0 Å². The first-order chi connectivity index (χ1) is 8.28. The molecule has 100 valence electrons. The van der Waals surface area contributed by atoms with Crippen LogP contribution in [0.2, 0.25) is 0 Å². The van der Waals surface area contributed by atoms with E-state index in [4.69, 9.17) is 0 Å². The molecule has 2 saturated heterocycles. The van der Waals surface area contributed by atoms with Gasteiger partial charge in [-0.2, -0.15) is 0 Å². The highest BCUT2D eigenvalue weighted by Gasteiger charge is 2.22. The van der Waals surface area contributed by atoms with Gasteiger partial charge in [0.15, 0.2) is 0 Å². The first-order valence-electron chi connectivity index (χ1n) is 7.45. The van der Waals surface area contributed by atoms with Gasteiger partial charge in [0.25, 0.3) is 0 Å². The molecule has 0 aromatic rings. The van der Waals surface area contributed by atoms with E-state index in [9.17, 15) is 0 Å². The second kappa shape index (κ2) is 6.72. The largest absolute Gasteiger partial charge is 0.310 e. The summed E-state index contributed by atoms with van der Waals surface area (Å²) in [6, 6.07) is 1.51. The van der Waals surface area contributed by atoms with E-state index >= 15 is 0 Å². The van der Waals surface area contributed by atoms with Crippen LogP contribution in [0.3, 0.4) is 0 Å². The summed E-state index contributed by atoms with van der Waals surface area (Å²) < 4.78 is 0. The molecule has 0 amide bonds. The number of likely N-dealkylation sites (N-methyl/N-ethyl adjacent to an activating group) is 1. The molecular formula is C14H29N3. The molecule has 0 aromatic carbocycles. The standard InChI is InChI=1S/C14H29N3/c1-3-17-10-5-7-14(12-17)15-13-6-4-9-16(2)11-8-13/h13-15H,3-12H2,1-2H3. The molecule has 1 N–H and O–H groups in total. The molecule has 2 aliphatic heterocycles. The first kappa shape index (κ1) is 13.3. The molecule has 2 unspecified atom stereocenters. The van der Waals surface area contributed by atoms with Gasteiger partial charge in [-0.25, -0.2) is 0 Å². The summed E-state index contributed by atoms with van der Waals surface area (Å²) >= 11 is 0. The maximum Gasteiger partial charge on any atom is 0.0198 e. The lowest BCUT2D eigenvalue weighted by Crippen LogP contribution is -2.49. The van der Waals surface area contributed by atoms with E-state index in [0.29, 0.717) is 0 Å². The number of piperidine rings is 1. The second-order valence-corrected chi connectivity index (χ2v) is 5.83. The maximum absolute atomic E-state index is 3.91. The Balaban J connectivity index is 1.75. The Morgan fingerprint density at radius 2 is 1.76 bits per heavy atom. The maximum atomic E-state index is 3.91. The number of rotatable bonds is 3. The van der Waals surface area contributed by atoms with Crippen LogP contribution in [-0.2, 0) is 0 Å².